The van der Waals surface area contributed by atoms with Crippen molar-refractivity contribution in [1.82, 2.24) is 0 Å². The molecule has 0 atom stereocenters. The van der Waals surface area contributed by atoms with Gasteiger partial charge in [-0.3, -0.25) is 10.1 Å². The van der Waals surface area contributed by atoms with Crippen molar-refractivity contribution in [1.29, 1.82) is 0 Å². The minimum Gasteiger partial charge on any atom is -0.478 e. The van der Waals surface area contributed by atoms with Crippen LogP contribution in [0.1, 0.15) is 10.4 Å². The third kappa shape index (κ3) is 6.43. The molecule has 0 aliphatic rings. The molecule has 0 unspecified atom stereocenters. The highest BCUT2D eigenvalue weighted by molar-refractivity contribution is 5.87. The van der Waals surface area contributed by atoms with Crippen molar-refractivity contribution in [3.63, 3.8) is 0 Å². The van der Waals surface area contributed by atoms with Gasteiger partial charge in [0.05, 0.1) is 10.5 Å². The van der Waals surface area contributed by atoms with E-state index in [9.17, 15) is 28.1 Å². The highest BCUT2D eigenvalue weighted by Gasteiger charge is 2.24. The van der Waals surface area contributed by atoms with Crippen molar-refractivity contribution in [2.24, 2.45) is 0 Å². The Kier molecular flexibility index (Phi) is 5.76. The van der Waals surface area contributed by atoms with Crippen LogP contribution in [-0.2, 0) is 0 Å². The van der Waals surface area contributed by atoms with E-state index in [0.29, 0.717) is 0 Å². The Labute approximate surface area is 98.4 Å². The number of rotatable bonds is 2. The summed E-state index contributed by atoms with van der Waals surface area (Å²) in [6, 6.07) is 4.70. The smallest absolute Gasteiger partial charge is 0.411 e. The standard InChI is InChI=1S/C7H5NO4.C2H3F3O/c9-7(10)5-1-3-6(4-2-5)8(11)12;3-2(4,5)1-6/h1-4H,(H,9,10);6H,1H2. The zero-order valence-electron chi connectivity index (χ0n) is 8.72. The maximum absolute atomic E-state index is 10.5. The fourth-order valence-electron chi connectivity index (χ4n) is 0.726. The lowest BCUT2D eigenvalue weighted by Gasteiger charge is -1.95. The van der Waals surface area contributed by atoms with E-state index >= 15 is 0 Å². The molecule has 0 aliphatic heterocycles. The Bertz CT molecular complexity index is 382. The molecule has 0 amide bonds. The number of carboxylic acids is 1. The van der Waals surface area contributed by atoms with Gasteiger partial charge in [-0.25, -0.2) is 4.79 Å². The topological polar surface area (TPSA) is 101 Å². The number of halogens is 3. The molecule has 9 heteroatoms. The first-order valence-electron chi connectivity index (χ1n) is 4.32. The van der Waals surface area contributed by atoms with Gasteiger partial charge in [0.25, 0.3) is 5.69 Å². The molecule has 0 saturated carbocycles. The number of benzene rings is 1. The van der Waals surface area contributed by atoms with Crippen molar-refractivity contribution in [3.8, 4) is 0 Å². The monoisotopic (exact) mass is 267 g/mol. The summed E-state index contributed by atoms with van der Waals surface area (Å²) in [4.78, 5) is 19.9. The molecule has 0 aliphatic carbocycles. The van der Waals surface area contributed by atoms with Crippen LogP contribution in [0, 0.1) is 10.1 Å². The number of nitrogens with zero attached hydrogens (tertiary/aromatic N) is 1. The Morgan fingerprint density at radius 3 is 1.89 bits per heavy atom. The maximum atomic E-state index is 10.5. The molecule has 2 N–H and O–H groups in total. The summed E-state index contributed by atoms with van der Waals surface area (Å²) in [6.07, 6.45) is -4.40. The van der Waals surface area contributed by atoms with E-state index in [1.165, 1.54) is 12.1 Å². The van der Waals surface area contributed by atoms with E-state index in [1.807, 2.05) is 0 Å². The first-order valence-corrected chi connectivity index (χ1v) is 4.32. The molecule has 0 saturated heterocycles. The SMILES string of the molecule is O=C(O)c1ccc([N+](=O)[O-])cc1.OCC(F)(F)F. The van der Waals surface area contributed by atoms with Gasteiger partial charge in [0.1, 0.15) is 6.61 Å². The van der Waals surface area contributed by atoms with Crippen molar-refractivity contribution in [2.75, 3.05) is 6.61 Å². The predicted molar refractivity (Wildman–Crippen MR) is 53.2 cm³/mol. The molecule has 0 fully saturated rings. The van der Waals surface area contributed by atoms with Crippen LogP contribution < -0.4 is 0 Å². The normalized spacial score (nSPS) is 10.2. The van der Waals surface area contributed by atoms with Gasteiger partial charge in [-0.15, -0.1) is 0 Å². The number of aliphatic hydroxyl groups is 1. The number of alkyl halides is 3. The lowest BCUT2D eigenvalue weighted by molar-refractivity contribution is -0.384. The summed E-state index contributed by atoms with van der Waals surface area (Å²) in [6.45, 7) is -1.73. The summed E-state index contributed by atoms with van der Waals surface area (Å²) in [5, 5.41) is 25.9. The minimum absolute atomic E-state index is 0.0422. The first kappa shape index (κ1) is 15.8. The van der Waals surface area contributed by atoms with Crippen LogP contribution in [0.25, 0.3) is 0 Å². The van der Waals surface area contributed by atoms with Gasteiger partial charge >= 0.3 is 12.1 Å². The lowest BCUT2D eigenvalue weighted by Crippen LogP contribution is -2.12. The quantitative estimate of drug-likeness (QED) is 0.628. The number of carboxylic acid groups (broad SMARTS) is 1. The average Bonchev–Trinajstić information content (AvgIpc) is 2.29. The number of nitro benzene ring substituents is 1. The summed E-state index contributed by atoms with van der Waals surface area (Å²) >= 11 is 0. The van der Waals surface area contributed by atoms with Crippen molar-refractivity contribution in [2.45, 2.75) is 6.18 Å². The number of aromatic carboxylic acids is 1. The zero-order valence-corrected chi connectivity index (χ0v) is 8.72. The third-order valence-electron chi connectivity index (χ3n) is 1.50. The molecule has 18 heavy (non-hydrogen) atoms. The van der Waals surface area contributed by atoms with Gasteiger partial charge in [-0.1, -0.05) is 0 Å². The Morgan fingerprint density at radius 2 is 1.67 bits per heavy atom. The Morgan fingerprint density at radius 1 is 1.28 bits per heavy atom. The first-order chi connectivity index (χ1) is 8.17. The molecule has 0 bridgehead atoms. The molecule has 1 aromatic rings. The molecule has 0 heterocycles. The number of carbonyl (C=O) groups is 1. The predicted octanol–water partition coefficient (Wildman–Crippen LogP) is 1.83. The molecule has 0 aromatic heterocycles. The number of aliphatic hydroxyl groups excluding tert-OH is 1. The number of hydrogen-bond donors (Lipinski definition) is 2. The average molecular weight is 267 g/mol. The van der Waals surface area contributed by atoms with E-state index in [0.717, 1.165) is 12.1 Å². The van der Waals surface area contributed by atoms with E-state index in [-0.39, 0.29) is 11.3 Å². The molecule has 0 spiro atoms. The van der Waals surface area contributed by atoms with Gasteiger partial charge in [0.2, 0.25) is 0 Å². The number of non-ortho nitro benzene ring substituents is 1. The van der Waals surface area contributed by atoms with Gasteiger partial charge < -0.3 is 10.2 Å². The summed E-state index contributed by atoms with van der Waals surface area (Å²) < 4.78 is 31.6. The van der Waals surface area contributed by atoms with Crippen molar-refractivity contribution < 1.29 is 33.1 Å². The summed E-state index contributed by atoms with van der Waals surface area (Å²) in [7, 11) is 0. The highest BCUT2D eigenvalue weighted by Crippen LogP contribution is 2.11. The summed E-state index contributed by atoms with van der Waals surface area (Å²) in [5.74, 6) is -1.09. The minimum atomic E-state index is -4.40. The van der Waals surface area contributed by atoms with Gasteiger partial charge in [0.15, 0.2) is 0 Å². The Hall–Kier alpha value is -2.16. The largest absolute Gasteiger partial charge is 0.478 e. The second kappa shape index (κ2) is 6.55. The van der Waals surface area contributed by atoms with Crippen LogP contribution in [0.2, 0.25) is 0 Å². The molecule has 1 aromatic carbocycles. The van der Waals surface area contributed by atoms with Gasteiger partial charge in [0, 0.05) is 12.1 Å². The van der Waals surface area contributed by atoms with Crippen LogP contribution in [0.5, 0.6) is 0 Å². The van der Waals surface area contributed by atoms with E-state index in [4.69, 9.17) is 10.2 Å². The van der Waals surface area contributed by atoms with Crippen LogP contribution in [0.4, 0.5) is 18.9 Å². The van der Waals surface area contributed by atoms with E-state index in [1.54, 1.807) is 0 Å². The molecule has 1 rings (SSSR count). The molecule has 0 radical (unpaired) electrons. The van der Waals surface area contributed by atoms with Gasteiger partial charge in [-0.05, 0) is 12.1 Å². The van der Waals surface area contributed by atoms with Crippen molar-refractivity contribution >= 4 is 11.7 Å². The van der Waals surface area contributed by atoms with Gasteiger partial charge in [-0.2, -0.15) is 13.2 Å². The van der Waals surface area contributed by atoms with E-state index in [2.05, 4.69) is 0 Å². The third-order valence-corrected chi connectivity index (χ3v) is 1.50. The lowest BCUT2D eigenvalue weighted by atomic mass is 10.2. The molecule has 100 valence electrons. The second-order valence-corrected chi connectivity index (χ2v) is 2.88. The summed E-state index contributed by atoms with van der Waals surface area (Å²) in [5.41, 5.74) is -0.0689. The molecular weight excluding hydrogens is 259 g/mol. The highest BCUT2D eigenvalue weighted by atomic mass is 19.4. The molecule has 6 nitrogen and oxygen atoms in total. The number of nitro groups is 1. The number of hydrogen-bond acceptors (Lipinski definition) is 4. The van der Waals surface area contributed by atoms with Crippen LogP contribution in [0.15, 0.2) is 24.3 Å². The van der Waals surface area contributed by atoms with E-state index < -0.39 is 23.7 Å². The maximum Gasteiger partial charge on any atom is 0.411 e. The van der Waals surface area contributed by atoms with Crippen LogP contribution in [0.3, 0.4) is 0 Å². The van der Waals surface area contributed by atoms with Crippen LogP contribution >= 0.6 is 0 Å². The van der Waals surface area contributed by atoms with Crippen LogP contribution in [-0.4, -0.2) is 33.9 Å². The molecular formula is C9H8F3NO5. The zero-order chi connectivity index (χ0) is 14.3. The Balaban J connectivity index is 0.000000411. The second-order valence-electron chi connectivity index (χ2n) is 2.88. The van der Waals surface area contributed by atoms with Crippen molar-refractivity contribution in [3.05, 3.63) is 39.9 Å². The fourth-order valence-corrected chi connectivity index (χ4v) is 0.726. The fraction of sp³-hybridized carbons (Fsp3) is 0.222.